The minimum absolute atomic E-state index is 0.205. The fourth-order valence-electron chi connectivity index (χ4n) is 2.17. The lowest BCUT2D eigenvalue weighted by molar-refractivity contribution is 0.0113. The molecule has 9 heteroatoms. The van der Waals surface area contributed by atoms with E-state index >= 15 is 0 Å². The van der Waals surface area contributed by atoms with Crippen LogP contribution in [0.15, 0.2) is 12.7 Å². The van der Waals surface area contributed by atoms with Crippen LogP contribution in [0.4, 0.5) is 5.82 Å². The Balaban J connectivity index is 2.04. The van der Waals surface area contributed by atoms with Crippen LogP contribution in [0, 0.1) is 0 Å². The standard InChI is InChI=1S/C10H13N5O3S/c11-8-5-9(13-2-12-8)15(3-14-5)10-7(18)6(17)4(1-16)19-10/h2-4,6-7,10,16-18H,1H2,(H2,11,12,13)/t4-,6-,7-,10+/m1/s1. The molecule has 5 N–H and O–H groups in total. The minimum atomic E-state index is -1.00. The summed E-state index contributed by atoms with van der Waals surface area (Å²) < 4.78 is 1.64. The first-order valence-corrected chi connectivity index (χ1v) is 6.63. The monoisotopic (exact) mass is 283 g/mol. The molecule has 0 spiro atoms. The lowest BCUT2D eigenvalue weighted by Crippen LogP contribution is -2.32. The van der Waals surface area contributed by atoms with Crippen molar-refractivity contribution in [1.82, 2.24) is 19.5 Å². The van der Waals surface area contributed by atoms with Crippen LogP contribution in [0.5, 0.6) is 0 Å². The van der Waals surface area contributed by atoms with E-state index in [-0.39, 0.29) is 12.4 Å². The summed E-state index contributed by atoms with van der Waals surface area (Å²) in [6.45, 7) is -0.205. The highest BCUT2D eigenvalue weighted by molar-refractivity contribution is 8.00. The number of fused-ring (bicyclic) bond motifs is 1. The summed E-state index contributed by atoms with van der Waals surface area (Å²) in [5.74, 6) is 0.264. The molecule has 0 aromatic carbocycles. The van der Waals surface area contributed by atoms with Gasteiger partial charge in [0, 0.05) is 0 Å². The van der Waals surface area contributed by atoms with Crippen molar-refractivity contribution >= 4 is 28.7 Å². The summed E-state index contributed by atoms with van der Waals surface area (Å²) >= 11 is 1.28. The lowest BCUT2D eigenvalue weighted by atomic mass is 10.1. The van der Waals surface area contributed by atoms with Crippen molar-refractivity contribution in [3.8, 4) is 0 Å². The van der Waals surface area contributed by atoms with E-state index in [0.29, 0.717) is 11.2 Å². The Kier molecular flexibility index (Phi) is 3.05. The summed E-state index contributed by atoms with van der Waals surface area (Å²) in [7, 11) is 0. The van der Waals surface area contributed by atoms with Gasteiger partial charge in [0.15, 0.2) is 11.5 Å². The fourth-order valence-corrected chi connectivity index (χ4v) is 3.54. The normalized spacial score (nSPS) is 31.1. The SMILES string of the molecule is Nc1ncnc2c1ncn2[C@H]1S[C@H](CO)[C@@H](O)[C@H]1O. The summed E-state index contributed by atoms with van der Waals surface area (Å²) in [5.41, 5.74) is 6.65. The third-order valence-corrected chi connectivity index (χ3v) is 4.74. The second kappa shape index (κ2) is 4.60. The first-order valence-electron chi connectivity index (χ1n) is 5.69. The van der Waals surface area contributed by atoms with E-state index in [2.05, 4.69) is 15.0 Å². The first kappa shape index (κ1) is 12.6. The van der Waals surface area contributed by atoms with E-state index in [1.165, 1.54) is 24.4 Å². The quantitative estimate of drug-likeness (QED) is 0.537. The van der Waals surface area contributed by atoms with Crippen LogP contribution in [0.1, 0.15) is 5.37 Å². The molecule has 102 valence electrons. The average Bonchev–Trinajstić information content (AvgIpc) is 2.94. The molecule has 0 radical (unpaired) electrons. The van der Waals surface area contributed by atoms with Gasteiger partial charge in [0.2, 0.25) is 0 Å². The van der Waals surface area contributed by atoms with Crippen LogP contribution in [0.3, 0.4) is 0 Å². The van der Waals surface area contributed by atoms with Gasteiger partial charge in [-0.25, -0.2) is 15.0 Å². The molecule has 2 aromatic rings. The zero-order chi connectivity index (χ0) is 13.6. The summed E-state index contributed by atoms with van der Waals surface area (Å²) in [5, 5.41) is 28.2. The number of nitrogens with zero attached hydrogens (tertiary/aromatic N) is 4. The second-order valence-electron chi connectivity index (χ2n) is 4.31. The molecule has 4 atom stereocenters. The number of hydrogen-bond donors (Lipinski definition) is 4. The van der Waals surface area contributed by atoms with Crippen molar-refractivity contribution in [2.45, 2.75) is 22.8 Å². The van der Waals surface area contributed by atoms with Crippen LogP contribution in [-0.2, 0) is 0 Å². The van der Waals surface area contributed by atoms with Gasteiger partial charge >= 0.3 is 0 Å². The van der Waals surface area contributed by atoms with Crippen molar-refractivity contribution in [3.05, 3.63) is 12.7 Å². The summed E-state index contributed by atoms with van der Waals surface area (Å²) in [6, 6.07) is 0. The molecule has 19 heavy (non-hydrogen) atoms. The average molecular weight is 283 g/mol. The molecule has 2 aromatic heterocycles. The van der Waals surface area contributed by atoms with Crippen LogP contribution in [0.2, 0.25) is 0 Å². The minimum Gasteiger partial charge on any atom is -0.395 e. The maximum absolute atomic E-state index is 10.1. The number of aliphatic hydroxyl groups excluding tert-OH is 3. The van der Waals surface area contributed by atoms with Crippen LogP contribution in [0.25, 0.3) is 11.2 Å². The number of rotatable bonds is 2. The van der Waals surface area contributed by atoms with Gasteiger partial charge in [0.25, 0.3) is 0 Å². The van der Waals surface area contributed by atoms with Crippen LogP contribution < -0.4 is 5.73 Å². The zero-order valence-electron chi connectivity index (χ0n) is 9.79. The van der Waals surface area contributed by atoms with E-state index in [0.717, 1.165) is 0 Å². The van der Waals surface area contributed by atoms with Crippen LogP contribution in [-0.4, -0.2) is 58.9 Å². The number of aliphatic hydroxyl groups is 3. The fraction of sp³-hybridized carbons (Fsp3) is 0.500. The third-order valence-electron chi connectivity index (χ3n) is 3.18. The number of thioether (sulfide) groups is 1. The molecule has 1 fully saturated rings. The van der Waals surface area contributed by atoms with Crippen molar-refractivity contribution in [2.24, 2.45) is 0 Å². The molecule has 3 heterocycles. The van der Waals surface area contributed by atoms with Crippen molar-refractivity contribution < 1.29 is 15.3 Å². The van der Waals surface area contributed by atoms with Gasteiger partial charge in [-0.2, -0.15) is 0 Å². The van der Waals surface area contributed by atoms with Crippen molar-refractivity contribution in [3.63, 3.8) is 0 Å². The maximum Gasteiger partial charge on any atom is 0.166 e. The van der Waals surface area contributed by atoms with Gasteiger partial charge in [0.05, 0.1) is 24.3 Å². The first-order chi connectivity index (χ1) is 9.13. The number of anilines is 1. The maximum atomic E-state index is 10.1. The number of imidazole rings is 1. The molecular formula is C10H13N5O3S. The summed E-state index contributed by atoms with van der Waals surface area (Å²) in [4.78, 5) is 12.1. The highest BCUT2D eigenvalue weighted by Gasteiger charge is 2.43. The lowest BCUT2D eigenvalue weighted by Gasteiger charge is -2.16. The van der Waals surface area contributed by atoms with Gasteiger partial charge in [-0.15, -0.1) is 11.8 Å². The zero-order valence-corrected chi connectivity index (χ0v) is 10.6. The van der Waals surface area contributed by atoms with E-state index in [9.17, 15) is 10.2 Å². The topological polar surface area (TPSA) is 130 Å². The predicted octanol–water partition coefficient (Wildman–Crippen LogP) is -1.26. The second-order valence-corrected chi connectivity index (χ2v) is 5.67. The smallest absolute Gasteiger partial charge is 0.166 e. The molecule has 3 rings (SSSR count). The van der Waals surface area contributed by atoms with Gasteiger partial charge in [0.1, 0.15) is 23.3 Å². The number of hydrogen-bond acceptors (Lipinski definition) is 8. The third kappa shape index (κ3) is 1.86. The Hall–Kier alpha value is -1.42. The number of nitrogens with two attached hydrogens (primary N) is 1. The summed E-state index contributed by atoms with van der Waals surface area (Å²) in [6.07, 6.45) is 0.831. The molecular weight excluding hydrogens is 270 g/mol. The Bertz CT molecular complexity index is 606. The number of aromatic nitrogens is 4. The molecule has 1 aliphatic heterocycles. The van der Waals surface area contributed by atoms with Gasteiger partial charge in [-0.3, -0.25) is 4.57 Å². The van der Waals surface area contributed by atoms with E-state index in [4.69, 9.17) is 10.8 Å². The molecule has 0 unspecified atom stereocenters. The Morgan fingerprint density at radius 2 is 2.05 bits per heavy atom. The highest BCUT2D eigenvalue weighted by Crippen LogP contribution is 2.42. The van der Waals surface area contributed by atoms with E-state index in [1.807, 2.05) is 0 Å². The van der Waals surface area contributed by atoms with Gasteiger partial charge in [-0.1, -0.05) is 0 Å². The molecule has 1 saturated heterocycles. The molecule has 0 bridgehead atoms. The molecule has 0 amide bonds. The predicted molar refractivity (Wildman–Crippen MR) is 69.3 cm³/mol. The highest BCUT2D eigenvalue weighted by atomic mass is 32.2. The number of nitrogen functional groups attached to an aromatic ring is 1. The molecule has 0 aliphatic carbocycles. The Labute approximate surface area is 112 Å². The van der Waals surface area contributed by atoms with E-state index in [1.54, 1.807) is 4.57 Å². The van der Waals surface area contributed by atoms with Crippen molar-refractivity contribution in [1.29, 1.82) is 0 Å². The van der Waals surface area contributed by atoms with E-state index < -0.39 is 22.8 Å². The Morgan fingerprint density at radius 3 is 2.74 bits per heavy atom. The molecule has 0 saturated carbocycles. The Morgan fingerprint density at radius 1 is 1.26 bits per heavy atom. The van der Waals surface area contributed by atoms with Crippen LogP contribution >= 0.6 is 11.8 Å². The van der Waals surface area contributed by atoms with Gasteiger partial charge in [-0.05, 0) is 0 Å². The molecule has 1 aliphatic rings. The van der Waals surface area contributed by atoms with Crippen molar-refractivity contribution in [2.75, 3.05) is 12.3 Å². The molecule has 8 nitrogen and oxygen atoms in total. The largest absolute Gasteiger partial charge is 0.395 e. The van der Waals surface area contributed by atoms with Gasteiger partial charge < -0.3 is 21.1 Å².